The molecule has 0 spiro atoms. The first-order valence-electron chi connectivity index (χ1n) is 28.5. The number of thiophene rings is 1. The van der Waals surface area contributed by atoms with Crippen LogP contribution in [0.15, 0.2) is 315 Å². The number of anilines is 6. The molecule has 1 heterocycles. The fourth-order valence-electron chi connectivity index (χ4n) is 12.9. The second-order valence-corrected chi connectivity index (χ2v) is 22.6. The molecule has 16 rings (SSSR count). The Bertz CT molecular complexity index is 5080. The third-order valence-corrected chi connectivity index (χ3v) is 18.1. The molecular formula is C80H52N2S. The van der Waals surface area contributed by atoms with Gasteiger partial charge in [-0.15, -0.1) is 11.3 Å². The van der Waals surface area contributed by atoms with E-state index in [1.54, 1.807) is 0 Å². The molecule has 0 bridgehead atoms. The monoisotopic (exact) mass is 1070 g/mol. The predicted molar refractivity (Wildman–Crippen MR) is 358 cm³/mol. The summed E-state index contributed by atoms with van der Waals surface area (Å²) in [6, 6.07) is 116. The SMILES string of the molecule is c1ccc(N(c2ccc(-c3ccc(N(c4ccc(-c5ccc6c7ccccc7c7ccccc7c6c5)cc4)c4ccc(-c5ccc(-c6cccc7c6sc6ccccc67)c6ccccc56)cc4)cc3)cc2)c2cccc3ccccc23)cc1. The first-order chi connectivity index (χ1) is 41.2. The Hall–Kier alpha value is -10.6. The second-order valence-electron chi connectivity index (χ2n) is 21.5. The molecule has 0 fully saturated rings. The van der Waals surface area contributed by atoms with Gasteiger partial charge in [0.2, 0.25) is 0 Å². The second kappa shape index (κ2) is 20.2. The van der Waals surface area contributed by atoms with Crippen LogP contribution in [0.4, 0.5) is 34.1 Å². The van der Waals surface area contributed by atoms with Crippen molar-refractivity contribution in [1.29, 1.82) is 0 Å². The van der Waals surface area contributed by atoms with Crippen LogP contribution in [0.25, 0.3) is 119 Å². The Morgan fingerprint density at radius 2 is 0.614 bits per heavy atom. The molecule has 3 heteroatoms. The average Bonchev–Trinajstić information content (AvgIpc) is 4.05. The quantitative estimate of drug-likeness (QED) is 0.126. The Morgan fingerprint density at radius 1 is 0.205 bits per heavy atom. The highest BCUT2D eigenvalue weighted by Crippen LogP contribution is 2.46. The maximum absolute atomic E-state index is 2.38. The van der Waals surface area contributed by atoms with Gasteiger partial charge in [0, 0.05) is 59.6 Å². The number of fused-ring (bicyclic) bond motifs is 11. The van der Waals surface area contributed by atoms with Gasteiger partial charge in [-0.05, 0) is 166 Å². The van der Waals surface area contributed by atoms with Gasteiger partial charge in [0.1, 0.15) is 0 Å². The lowest BCUT2D eigenvalue weighted by atomic mass is 9.91. The van der Waals surface area contributed by atoms with Crippen molar-refractivity contribution in [2.45, 2.75) is 0 Å². The average molecular weight is 1070 g/mol. The highest BCUT2D eigenvalue weighted by molar-refractivity contribution is 7.26. The Labute approximate surface area is 486 Å². The minimum atomic E-state index is 1.08. The van der Waals surface area contributed by atoms with E-state index in [-0.39, 0.29) is 0 Å². The molecular weight excluding hydrogens is 1020 g/mol. The summed E-state index contributed by atoms with van der Waals surface area (Å²) in [7, 11) is 0. The topological polar surface area (TPSA) is 6.48 Å². The van der Waals surface area contributed by atoms with Gasteiger partial charge in [-0.2, -0.15) is 0 Å². The lowest BCUT2D eigenvalue weighted by Gasteiger charge is -2.27. The van der Waals surface area contributed by atoms with Gasteiger partial charge in [0.05, 0.1) is 5.69 Å². The number of benzene rings is 15. The van der Waals surface area contributed by atoms with E-state index in [2.05, 4.69) is 325 Å². The Morgan fingerprint density at radius 3 is 1.24 bits per heavy atom. The minimum absolute atomic E-state index is 1.08. The number of hydrogen-bond acceptors (Lipinski definition) is 3. The third kappa shape index (κ3) is 8.40. The lowest BCUT2D eigenvalue weighted by molar-refractivity contribution is 1.28. The molecule has 15 aromatic carbocycles. The molecule has 0 unspecified atom stereocenters. The number of rotatable bonds is 10. The van der Waals surface area contributed by atoms with Crippen molar-refractivity contribution in [3.8, 4) is 44.5 Å². The van der Waals surface area contributed by atoms with Crippen molar-refractivity contribution >= 4 is 119 Å². The van der Waals surface area contributed by atoms with Crippen LogP contribution in [0.2, 0.25) is 0 Å². The number of nitrogens with zero attached hydrogens (tertiary/aromatic N) is 2. The Kier molecular flexibility index (Phi) is 11.8. The largest absolute Gasteiger partial charge is 0.311 e. The third-order valence-electron chi connectivity index (χ3n) is 16.9. The molecule has 1 aromatic heterocycles. The van der Waals surface area contributed by atoms with Crippen LogP contribution < -0.4 is 9.80 Å². The molecule has 83 heavy (non-hydrogen) atoms. The van der Waals surface area contributed by atoms with Gasteiger partial charge in [-0.1, -0.05) is 237 Å². The summed E-state index contributed by atoms with van der Waals surface area (Å²) in [5.74, 6) is 0. The minimum Gasteiger partial charge on any atom is -0.311 e. The molecule has 0 aliphatic carbocycles. The zero-order valence-corrected chi connectivity index (χ0v) is 46.1. The first-order valence-corrected chi connectivity index (χ1v) is 29.3. The van der Waals surface area contributed by atoms with Crippen molar-refractivity contribution in [2.75, 3.05) is 9.80 Å². The van der Waals surface area contributed by atoms with Crippen molar-refractivity contribution in [1.82, 2.24) is 0 Å². The fraction of sp³-hybridized carbons (Fsp3) is 0. The Balaban J connectivity index is 0.765. The van der Waals surface area contributed by atoms with Crippen LogP contribution in [0.1, 0.15) is 0 Å². The van der Waals surface area contributed by atoms with Crippen LogP contribution >= 0.6 is 11.3 Å². The van der Waals surface area contributed by atoms with Crippen LogP contribution in [-0.2, 0) is 0 Å². The van der Waals surface area contributed by atoms with E-state index in [0.29, 0.717) is 0 Å². The summed E-state index contributed by atoms with van der Waals surface area (Å²) in [6.45, 7) is 0. The number of hydrogen-bond donors (Lipinski definition) is 0. The molecule has 0 saturated carbocycles. The van der Waals surface area contributed by atoms with Crippen LogP contribution in [0.5, 0.6) is 0 Å². The summed E-state index contributed by atoms with van der Waals surface area (Å²) >= 11 is 1.89. The first kappa shape index (κ1) is 48.3. The van der Waals surface area contributed by atoms with E-state index >= 15 is 0 Å². The van der Waals surface area contributed by atoms with Crippen molar-refractivity contribution in [3.05, 3.63) is 315 Å². The molecule has 388 valence electrons. The van der Waals surface area contributed by atoms with Gasteiger partial charge in [0.15, 0.2) is 0 Å². The fourth-order valence-corrected chi connectivity index (χ4v) is 14.1. The van der Waals surface area contributed by atoms with E-state index in [9.17, 15) is 0 Å². The summed E-state index contributed by atoms with van der Waals surface area (Å²) in [6.07, 6.45) is 0. The summed E-state index contributed by atoms with van der Waals surface area (Å²) in [5, 5.41) is 15.2. The van der Waals surface area contributed by atoms with Gasteiger partial charge in [0.25, 0.3) is 0 Å². The summed E-state index contributed by atoms with van der Waals surface area (Å²) in [4.78, 5) is 4.74. The van der Waals surface area contributed by atoms with Crippen molar-refractivity contribution < 1.29 is 0 Å². The van der Waals surface area contributed by atoms with E-state index in [0.717, 1.165) is 45.3 Å². The van der Waals surface area contributed by atoms with Gasteiger partial charge in [-0.3, -0.25) is 0 Å². The van der Waals surface area contributed by atoms with Crippen LogP contribution in [-0.4, -0.2) is 0 Å². The molecule has 16 aromatic rings. The van der Waals surface area contributed by atoms with Crippen molar-refractivity contribution in [2.24, 2.45) is 0 Å². The van der Waals surface area contributed by atoms with E-state index in [1.165, 1.54) is 107 Å². The maximum Gasteiger partial charge on any atom is 0.0540 e. The van der Waals surface area contributed by atoms with E-state index < -0.39 is 0 Å². The summed E-state index contributed by atoms with van der Waals surface area (Å²) < 4.78 is 2.65. The summed E-state index contributed by atoms with van der Waals surface area (Å²) in [5.41, 5.74) is 16.2. The smallest absolute Gasteiger partial charge is 0.0540 e. The van der Waals surface area contributed by atoms with Gasteiger partial charge < -0.3 is 9.80 Å². The molecule has 0 radical (unpaired) electrons. The lowest BCUT2D eigenvalue weighted by Crippen LogP contribution is -2.10. The zero-order chi connectivity index (χ0) is 54.8. The van der Waals surface area contributed by atoms with Gasteiger partial charge >= 0.3 is 0 Å². The number of para-hydroxylation sites is 1. The molecule has 0 N–H and O–H groups in total. The van der Waals surface area contributed by atoms with E-state index in [4.69, 9.17) is 0 Å². The zero-order valence-electron chi connectivity index (χ0n) is 45.3. The molecule has 0 amide bonds. The van der Waals surface area contributed by atoms with E-state index in [1.807, 2.05) is 11.3 Å². The highest BCUT2D eigenvalue weighted by Gasteiger charge is 2.20. The molecule has 0 atom stereocenters. The van der Waals surface area contributed by atoms with Crippen molar-refractivity contribution in [3.63, 3.8) is 0 Å². The molecule has 0 saturated heterocycles. The maximum atomic E-state index is 2.38. The molecule has 0 aliphatic rings. The highest BCUT2D eigenvalue weighted by atomic mass is 32.1. The van der Waals surface area contributed by atoms with Crippen LogP contribution in [0, 0.1) is 0 Å². The predicted octanol–water partition coefficient (Wildman–Crippen LogP) is 23.4. The molecule has 0 aliphatic heterocycles. The molecule has 2 nitrogen and oxygen atoms in total. The normalized spacial score (nSPS) is 11.6. The van der Waals surface area contributed by atoms with Crippen LogP contribution in [0.3, 0.4) is 0 Å². The van der Waals surface area contributed by atoms with Gasteiger partial charge in [-0.25, -0.2) is 0 Å². The standard InChI is InChI=1S/C80H52N2S/c1-2-18-59(19-3-1)82(78-30-14-17-56-16-4-5-20-65(56)78)63-45-34-54(35-46-63)53-32-41-60(42-33-53)81(61-43-36-55(37-44-61)58-40-49-73-70-25-9-8-23-68(70)69-24-10-11-26-71(69)77(73)52-58)62-47-38-57(39-48-62)64-50-51-72(67-22-7-6-21-66(64)67)75-28-15-29-76-74-27-12-13-31-79(74)83-80(75)76/h1-52H.